The van der Waals surface area contributed by atoms with E-state index in [0.717, 1.165) is 16.7 Å². The molecule has 0 fully saturated rings. The zero-order valence-corrected chi connectivity index (χ0v) is 11.1. The predicted octanol–water partition coefficient (Wildman–Crippen LogP) is 3.55. The van der Waals surface area contributed by atoms with Crippen molar-refractivity contribution < 1.29 is 14.2 Å². The van der Waals surface area contributed by atoms with Gasteiger partial charge in [0.05, 0.1) is 0 Å². The van der Waals surface area contributed by atoms with Crippen LogP contribution in [0.4, 0.5) is 4.39 Å². The van der Waals surface area contributed by atoms with Gasteiger partial charge in [0.25, 0.3) is 0 Å². The molecule has 2 aromatic rings. The van der Waals surface area contributed by atoms with Crippen LogP contribution in [0, 0.1) is 19.7 Å². The first kappa shape index (κ1) is 13.6. The molecule has 2 aromatic carbocycles. The van der Waals surface area contributed by atoms with E-state index >= 15 is 0 Å². The molecule has 2 rings (SSSR count). The third-order valence-electron chi connectivity index (χ3n) is 3.00. The summed E-state index contributed by atoms with van der Waals surface area (Å²) in [7, 11) is 0. The lowest BCUT2D eigenvalue weighted by molar-refractivity contribution is 0.108. The lowest BCUT2D eigenvalue weighted by atomic mass is 10.1. The van der Waals surface area contributed by atoms with Crippen LogP contribution in [0.1, 0.15) is 22.8 Å². The molecule has 0 aromatic heterocycles. The molecule has 0 amide bonds. The number of aliphatic hydroxyl groups is 1. The molecule has 0 aliphatic heterocycles. The van der Waals surface area contributed by atoms with E-state index in [-0.39, 0.29) is 12.4 Å². The summed E-state index contributed by atoms with van der Waals surface area (Å²) in [6, 6.07) is 12.0. The summed E-state index contributed by atoms with van der Waals surface area (Å²) in [5.41, 5.74) is 2.67. The fourth-order valence-corrected chi connectivity index (χ4v) is 1.83. The number of aryl methyl sites for hydroxylation is 2. The molecule has 0 heterocycles. The molecule has 1 N–H and O–H groups in total. The molecule has 0 radical (unpaired) electrons. The zero-order valence-electron chi connectivity index (χ0n) is 11.1. The van der Waals surface area contributed by atoms with Crippen molar-refractivity contribution in [1.82, 2.24) is 0 Å². The van der Waals surface area contributed by atoms with Gasteiger partial charge in [-0.05, 0) is 43.2 Å². The van der Waals surface area contributed by atoms with E-state index in [1.807, 2.05) is 31.2 Å². The Hall–Kier alpha value is -1.87. The first-order valence-electron chi connectivity index (χ1n) is 6.20. The second-order valence-corrected chi connectivity index (χ2v) is 4.65. The van der Waals surface area contributed by atoms with Gasteiger partial charge < -0.3 is 9.84 Å². The molecule has 0 saturated carbocycles. The van der Waals surface area contributed by atoms with E-state index in [9.17, 15) is 9.50 Å². The molecule has 0 aliphatic rings. The van der Waals surface area contributed by atoms with Crippen molar-refractivity contribution in [3.05, 3.63) is 65.0 Å². The molecule has 0 spiro atoms. The van der Waals surface area contributed by atoms with Crippen LogP contribution < -0.4 is 4.74 Å². The van der Waals surface area contributed by atoms with Gasteiger partial charge in [-0.2, -0.15) is 0 Å². The second kappa shape index (κ2) is 5.85. The topological polar surface area (TPSA) is 29.5 Å². The summed E-state index contributed by atoms with van der Waals surface area (Å²) in [5.74, 6) is 0.302. The van der Waals surface area contributed by atoms with E-state index in [1.165, 1.54) is 12.1 Å². The molecule has 0 saturated heterocycles. The van der Waals surface area contributed by atoms with Crippen molar-refractivity contribution >= 4 is 0 Å². The fraction of sp³-hybridized carbons (Fsp3) is 0.250. The summed E-state index contributed by atoms with van der Waals surface area (Å²) in [6.45, 7) is 3.92. The van der Waals surface area contributed by atoms with Crippen LogP contribution in [-0.2, 0) is 0 Å². The predicted molar refractivity (Wildman–Crippen MR) is 72.8 cm³/mol. The molecule has 1 unspecified atom stereocenters. The van der Waals surface area contributed by atoms with Crippen molar-refractivity contribution in [1.29, 1.82) is 0 Å². The molecule has 0 bridgehead atoms. The van der Waals surface area contributed by atoms with Gasteiger partial charge in [0.15, 0.2) is 0 Å². The third kappa shape index (κ3) is 3.55. The maximum absolute atomic E-state index is 12.9. The number of benzene rings is 2. The van der Waals surface area contributed by atoms with Gasteiger partial charge in [-0.1, -0.05) is 29.8 Å². The summed E-state index contributed by atoms with van der Waals surface area (Å²) < 4.78 is 18.5. The highest BCUT2D eigenvalue weighted by Gasteiger charge is 2.09. The lowest BCUT2D eigenvalue weighted by Crippen LogP contribution is -2.10. The minimum absolute atomic E-state index is 0.148. The maximum Gasteiger partial charge on any atom is 0.123 e. The normalized spacial score (nSPS) is 12.2. The highest BCUT2D eigenvalue weighted by molar-refractivity contribution is 5.32. The quantitative estimate of drug-likeness (QED) is 0.910. The number of rotatable bonds is 4. The summed E-state index contributed by atoms with van der Waals surface area (Å²) >= 11 is 0. The minimum atomic E-state index is -0.690. The van der Waals surface area contributed by atoms with E-state index in [0.29, 0.717) is 5.75 Å². The van der Waals surface area contributed by atoms with Gasteiger partial charge in [-0.15, -0.1) is 0 Å². The Kier molecular flexibility index (Phi) is 4.17. The van der Waals surface area contributed by atoms with Crippen LogP contribution in [0.25, 0.3) is 0 Å². The monoisotopic (exact) mass is 260 g/mol. The van der Waals surface area contributed by atoms with Gasteiger partial charge in [0.2, 0.25) is 0 Å². The van der Waals surface area contributed by atoms with Crippen molar-refractivity contribution in [3.8, 4) is 5.75 Å². The Morgan fingerprint density at radius 3 is 2.42 bits per heavy atom. The molecule has 0 aliphatic carbocycles. The number of hydrogen-bond acceptors (Lipinski definition) is 2. The number of hydrogen-bond donors (Lipinski definition) is 1. The molecular formula is C16H17FO2. The second-order valence-electron chi connectivity index (χ2n) is 4.65. The number of halogens is 1. The van der Waals surface area contributed by atoms with Gasteiger partial charge in [0, 0.05) is 0 Å². The molecule has 1 atom stereocenters. The Balaban J connectivity index is 2.00. The standard InChI is InChI=1S/C16H17FO2/c1-11-3-5-13(6-4-11)15(18)10-19-16-8-7-14(17)9-12(16)2/h3-9,15,18H,10H2,1-2H3. The number of ether oxygens (including phenoxy) is 1. The molecule has 100 valence electrons. The van der Waals surface area contributed by atoms with Crippen LogP contribution in [0.15, 0.2) is 42.5 Å². The Morgan fingerprint density at radius 2 is 1.79 bits per heavy atom. The Bertz CT molecular complexity index is 549. The van der Waals surface area contributed by atoms with E-state index in [1.54, 1.807) is 13.0 Å². The Labute approximate surface area is 112 Å². The first-order valence-corrected chi connectivity index (χ1v) is 6.20. The molecule has 2 nitrogen and oxygen atoms in total. The molecule has 3 heteroatoms. The van der Waals surface area contributed by atoms with Crippen molar-refractivity contribution in [2.75, 3.05) is 6.61 Å². The van der Waals surface area contributed by atoms with Gasteiger partial charge >= 0.3 is 0 Å². The average molecular weight is 260 g/mol. The smallest absolute Gasteiger partial charge is 0.123 e. The minimum Gasteiger partial charge on any atom is -0.490 e. The largest absolute Gasteiger partial charge is 0.490 e. The van der Waals surface area contributed by atoms with E-state index < -0.39 is 6.10 Å². The van der Waals surface area contributed by atoms with Crippen LogP contribution >= 0.6 is 0 Å². The van der Waals surface area contributed by atoms with Crippen LogP contribution in [-0.4, -0.2) is 11.7 Å². The first-order chi connectivity index (χ1) is 9.06. The fourth-order valence-electron chi connectivity index (χ4n) is 1.83. The van der Waals surface area contributed by atoms with E-state index in [2.05, 4.69) is 0 Å². The van der Waals surface area contributed by atoms with Gasteiger partial charge in [-0.25, -0.2) is 4.39 Å². The summed E-state index contributed by atoms with van der Waals surface area (Å²) in [5, 5.41) is 10.0. The lowest BCUT2D eigenvalue weighted by Gasteiger charge is -2.14. The van der Waals surface area contributed by atoms with Crippen molar-refractivity contribution in [3.63, 3.8) is 0 Å². The van der Waals surface area contributed by atoms with Crippen molar-refractivity contribution in [2.24, 2.45) is 0 Å². The molecular weight excluding hydrogens is 243 g/mol. The summed E-state index contributed by atoms with van der Waals surface area (Å²) in [4.78, 5) is 0. The van der Waals surface area contributed by atoms with Crippen molar-refractivity contribution in [2.45, 2.75) is 20.0 Å². The SMILES string of the molecule is Cc1ccc(C(O)COc2ccc(F)cc2C)cc1. The average Bonchev–Trinajstić information content (AvgIpc) is 2.38. The maximum atomic E-state index is 12.9. The van der Waals surface area contributed by atoms with E-state index in [4.69, 9.17) is 4.74 Å². The Morgan fingerprint density at radius 1 is 1.11 bits per heavy atom. The van der Waals surface area contributed by atoms with Crippen LogP contribution in [0.2, 0.25) is 0 Å². The highest BCUT2D eigenvalue weighted by atomic mass is 19.1. The third-order valence-corrected chi connectivity index (χ3v) is 3.00. The summed E-state index contributed by atoms with van der Waals surface area (Å²) in [6.07, 6.45) is -0.690. The number of aliphatic hydroxyl groups excluding tert-OH is 1. The zero-order chi connectivity index (χ0) is 13.8. The van der Waals surface area contributed by atoms with Crippen LogP contribution in [0.3, 0.4) is 0 Å². The van der Waals surface area contributed by atoms with Gasteiger partial charge in [-0.3, -0.25) is 0 Å². The molecule has 19 heavy (non-hydrogen) atoms. The highest BCUT2D eigenvalue weighted by Crippen LogP contribution is 2.21. The van der Waals surface area contributed by atoms with Crippen LogP contribution in [0.5, 0.6) is 5.75 Å². The van der Waals surface area contributed by atoms with Gasteiger partial charge in [0.1, 0.15) is 24.3 Å².